The Hall–Kier alpha value is -0.960. The van der Waals surface area contributed by atoms with Gasteiger partial charge in [-0.2, -0.15) is 0 Å². The molecule has 2 N–H and O–H groups in total. The van der Waals surface area contributed by atoms with Crippen molar-refractivity contribution in [3.8, 4) is 0 Å². The average molecular weight is 179 g/mol. The number of rotatable bonds is 1. The monoisotopic (exact) mass is 179 g/mol. The molecule has 2 heterocycles. The highest BCUT2D eigenvalue weighted by atomic mass is 15.2. The number of aromatic amines is 1. The van der Waals surface area contributed by atoms with Gasteiger partial charge in [0.25, 0.3) is 0 Å². The van der Waals surface area contributed by atoms with Crippen LogP contribution in [0, 0.1) is 13.8 Å². The fourth-order valence-corrected chi connectivity index (χ4v) is 2.02. The van der Waals surface area contributed by atoms with Gasteiger partial charge < -0.3 is 15.2 Å². The number of anilines is 1. The van der Waals surface area contributed by atoms with Crippen LogP contribution in [-0.4, -0.2) is 31.2 Å². The van der Waals surface area contributed by atoms with Gasteiger partial charge in [0.1, 0.15) is 0 Å². The van der Waals surface area contributed by atoms with Gasteiger partial charge in [-0.1, -0.05) is 0 Å². The van der Waals surface area contributed by atoms with Crippen molar-refractivity contribution < 1.29 is 0 Å². The molecule has 3 heteroatoms. The molecule has 3 nitrogen and oxygen atoms in total. The maximum Gasteiger partial charge on any atom is 0.0604 e. The van der Waals surface area contributed by atoms with Crippen molar-refractivity contribution >= 4 is 5.69 Å². The van der Waals surface area contributed by atoms with Crippen LogP contribution in [0.5, 0.6) is 0 Å². The minimum absolute atomic E-state index is 1.10. The van der Waals surface area contributed by atoms with Crippen LogP contribution in [0.25, 0.3) is 0 Å². The fourth-order valence-electron chi connectivity index (χ4n) is 2.02. The number of aryl methyl sites for hydroxylation is 2. The van der Waals surface area contributed by atoms with E-state index in [4.69, 9.17) is 0 Å². The summed E-state index contributed by atoms with van der Waals surface area (Å²) in [6.45, 7) is 8.76. The van der Waals surface area contributed by atoms with Crippen LogP contribution in [0.3, 0.4) is 0 Å². The first-order valence-electron chi connectivity index (χ1n) is 4.89. The normalized spacial score (nSPS) is 17.8. The molecule has 1 fully saturated rings. The fraction of sp³-hybridized carbons (Fsp3) is 0.600. The van der Waals surface area contributed by atoms with Gasteiger partial charge in [-0.3, -0.25) is 0 Å². The van der Waals surface area contributed by atoms with Gasteiger partial charge in [0.2, 0.25) is 0 Å². The van der Waals surface area contributed by atoms with Gasteiger partial charge in [0.05, 0.1) is 5.69 Å². The van der Waals surface area contributed by atoms with E-state index in [1.807, 2.05) is 0 Å². The molecule has 0 atom stereocenters. The molecule has 0 bridgehead atoms. The number of nitrogens with one attached hydrogen (secondary N) is 2. The number of hydrogen-bond donors (Lipinski definition) is 2. The highest BCUT2D eigenvalue weighted by Crippen LogP contribution is 2.23. The predicted octanol–water partition coefficient (Wildman–Crippen LogP) is 1.04. The van der Waals surface area contributed by atoms with Gasteiger partial charge in [0, 0.05) is 38.1 Å². The molecular formula is C10H17N3. The van der Waals surface area contributed by atoms with Crippen LogP contribution in [0.2, 0.25) is 0 Å². The van der Waals surface area contributed by atoms with Crippen molar-refractivity contribution in [1.82, 2.24) is 10.3 Å². The zero-order chi connectivity index (χ0) is 9.26. The summed E-state index contributed by atoms with van der Waals surface area (Å²) in [6, 6.07) is 0. The molecule has 0 saturated carbocycles. The van der Waals surface area contributed by atoms with Crippen LogP contribution in [-0.2, 0) is 0 Å². The molecule has 1 aliphatic rings. The SMILES string of the molecule is Cc1c[nH]c(C)c1N1CCNCC1. The molecule has 1 aromatic rings. The van der Waals surface area contributed by atoms with Crippen molar-refractivity contribution in [2.24, 2.45) is 0 Å². The van der Waals surface area contributed by atoms with E-state index in [2.05, 4.69) is 35.2 Å². The van der Waals surface area contributed by atoms with Gasteiger partial charge in [-0.15, -0.1) is 0 Å². The summed E-state index contributed by atoms with van der Waals surface area (Å²) in [6.07, 6.45) is 2.09. The smallest absolute Gasteiger partial charge is 0.0604 e. The van der Waals surface area contributed by atoms with Gasteiger partial charge in [0.15, 0.2) is 0 Å². The highest BCUT2D eigenvalue weighted by Gasteiger charge is 2.15. The Morgan fingerprint density at radius 3 is 2.46 bits per heavy atom. The van der Waals surface area contributed by atoms with Gasteiger partial charge in [-0.25, -0.2) is 0 Å². The minimum Gasteiger partial charge on any atom is -0.367 e. The summed E-state index contributed by atoms with van der Waals surface area (Å²) in [4.78, 5) is 5.73. The van der Waals surface area contributed by atoms with Crippen LogP contribution in [0.1, 0.15) is 11.3 Å². The Morgan fingerprint density at radius 2 is 1.92 bits per heavy atom. The maximum atomic E-state index is 3.36. The third kappa shape index (κ3) is 1.56. The number of aromatic nitrogens is 1. The molecule has 0 aliphatic carbocycles. The predicted molar refractivity (Wildman–Crippen MR) is 55.3 cm³/mol. The van der Waals surface area contributed by atoms with E-state index in [-0.39, 0.29) is 0 Å². The van der Waals surface area contributed by atoms with E-state index in [0.717, 1.165) is 26.2 Å². The van der Waals surface area contributed by atoms with Gasteiger partial charge >= 0.3 is 0 Å². The second kappa shape index (κ2) is 3.42. The van der Waals surface area contributed by atoms with Crippen LogP contribution < -0.4 is 10.2 Å². The third-order valence-corrected chi connectivity index (χ3v) is 2.67. The number of piperazine rings is 1. The van der Waals surface area contributed by atoms with Crippen molar-refractivity contribution in [3.05, 3.63) is 17.5 Å². The van der Waals surface area contributed by atoms with Crippen LogP contribution in [0.4, 0.5) is 5.69 Å². The molecule has 0 spiro atoms. The summed E-state index contributed by atoms with van der Waals surface area (Å²) in [5.41, 5.74) is 4.06. The number of H-pyrrole nitrogens is 1. The second-order valence-electron chi connectivity index (χ2n) is 3.68. The zero-order valence-corrected chi connectivity index (χ0v) is 8.35. The lowest BCUT2D eigenvalue weighted by Crippen LogP contribution is -2.43. The Balaban J connectivity index is 2.22. The summed E-state index contributed by atoms with van der Waals surface area (Å²) < 4.78 is 0. The zero-order valence-electron chi connectivity index (χ0n) is 8.35. The first-order valence-corrected chi connectivity index (χ1v) is 4.89. The molecule has 1 aromatic heterocycles. The lowest BCUT2D eigenvalue weighted by atomic mass is 10.2. The number of hydrogen-bond acceptors (Lipinski definition) is 2. The molecule has 1 saturated heterocycles. The van der Waals surface area contributed by atoms with E-state index in [9.17, 15) is 0 Å². The highest BCUT2D eigenvalue weighted by molar-refractivity contribution is 5.57. The Morgan fingerprint density at radius 1 is 1.23 bits per heavy atom. The molecular weight excluding hydrogens is 162 g/mol. The first kappa shape index (κ1) is 8.63. The largest absolute Gasteiger partial charge is 0.367 e. The van der Waals surface area contributed by atoms with Crippen molar-refractivity contribution in [3.63, 3.8) is 0 Å². The molecule has 0 radical (unpaired) electrons. The quantitative estimate of drug-likeness (QED) is 0.675. The summed E-state index contributed by atoms with van der Waals surface area (Å²) in [7, 11) is 0. The van der Waals surface area contributed by atoms with E-state index in [1.54, 1.807) is 0 Å². The third-order valence-electron chi connectivity index (χ3n) is 2.67. The van der Waals surface area contributed by atoms with Crippen molar-refractivity contribution in [1.29, 1.82) is 0 Å². The topological polar surface area (TPSA) is 31.1 Å². The van der Waals surface area contributed by atoms with E-state index in [1.165, 1.54) is 16.9 Å². The Labute approximate surface area is 79.1 Å². The van der Waals surface area contributed by atoms with Gasteiger partial charge in [-0.05, 0) is 19.4 Å². The lowest BCUT2D eigenvalue weighted by molar-refractivity contribution is 0.588. The van der Waals surface area contributed by atoms with Crippen LogP contribution >= 0.6 is 0 Å². The summed E-state index contributed by atoms with van der Waals surface area (Å²) >= 11 is 0. The van der Waals surface area contributed by atoms with Crippen molar-refractivity contribution in [2.75, 3.05) is 31.1 Å². The molecule has 72 valence electrons. The van der Waals surface area contributed by atoms with Crippen molar-refractivity contribution in [2.45, 2.75) is 13.8 Å². The maximum absolute atomic E-state index is 3.36. The standard InChI is InChI=1S/C10H17N3/c1-8-7-12-9(2)10(8)13-5-3-11-4-6-13/h7,11-12H,3-6H2,1-2H3. The summed E-state index contributed by atoms with van der Waals surface area (Å²) in [5, 5.41) is 3.36. The summed E-state index contributed by atoms with van der Waals surface area (Å²) in [5.74, 6) is 0. The minimum atomic E-state index is 1.10. The van der Waals surface area contributed by atoms with E-state index >= 15 is 0 Å². The molecule has 0 unspecified atom stereocenters. The molecule has 1 aliphatic heterocycles. The van der Waals surface area contributed by atoms with E-state index in [0.29, 0.717) is 0 Å². The van der Waals surface area contributed by atoms with E-state index < -0.39 is 0 Å². The second-order valence-corrected chi connectivity index (χ2v) is 3.68. The number of nitrogens with zero attached hydrogens (tertiary/aromatic N) is 1. The molecule has 2 rings (SSSR count). The molecule has 13 heavy (non-hydrogen) atoms. The first-order chi connectivity index (χ1) is 6.29. The molecule has 0 aromatic carbocycles. The average Bonchev–Trinajstić information content (AvgIpc) is 2.48. The Kier molecular flexibility index (Phi) is 2.27. The van der Waals surface area contributed by atoms with Crippen LogP contribution in [0.15, 0.2) is 6.20 Å². The Bertz CT molecular complexity index is 265. The molecule has 0 amide bonds. The lowest BCUT2D eigenvalue weighted by Gasteiger charge is -2.30.